The fourth-order valence-corrected chi connectivity index (χ4v) is 1.82. The van der Waals surface area contributed by atoms with Gasteiger partial charge in [-0.15, -0.1) is 11.6 Å². The number of hydrogen-bond acceptors (Lipinski definition) is 3. The number of benzene rings is 1. The number of pyridine rings is 1. The SMILES string of the molecule is CCCOc1ccccc1Oc1cnccc1CCl. The van der Waals surface area contributed by atoms with Gasteiger partial charge in [-0.25, -0.2) is 0 Å². The standard InChI is InChI=1S/C15H16ClNO2/c1-2-9-18-13-5-3-4-6-14(13)19-15-11-17-8-7-12(15)10-16/h3-8,11H,2,9-10H2,1H3. The zero-order valence-electron chi connectivity index (χ0n) is 10.8. The molecule has 0 aliphatic carbocycles. The summed E-state index contributed by atoms with van der Waals surface area (Å²) in [5, 5.41) is 0. The first kappa shape index (κ1) is 13.7. The van der Waals surface area contributed by atoms with Gasteiger partial charge in [-0.1, -0.05) is 19.1 Å². The highest BCUT2D eigenvalue weighted by molar-refractivity contribution is 6.17. The molecule has 0 saturated carbocycles. The molecule has 0 bridgehead atoms. The van der Waals surface area contributed by atoms with Crippen LogP contribution in [0.2, 0.25) is 0 Å². The predicted octanol–water partition coefficient (Wildman–Crippen LogP) is 4.40. The summed E-state index contributed by atoms with van der Waals surface area (Å²) < 4.78 is 11.5. The maximum absolute atomic E-state index is 5.88. The molecule has 100 valence electrons. The first-order chi connectivity index (χ1) is 9.35. The Balaban J connectivity index is 2.22. The lowest BCUT2D eigenvalue weighted by Gasteiger charge is -2.13. The predicted molar refractivity (Wildman–Crippen MR) is 76.1 cm³/mol. The van der Waals surface area contributed by atoms with E-state index >= 15 is 0 Å². The van der Waals surface area contributed by atoms with Gasteiger partial charge in [0.2, 0.25) is 0 Å². The van der Waals surface area contributed by atoms with E-state index in [1.807, 2.05) is 30.3 Å². The highest BCUT2D eigenvalue weighted by atomic mass is 35.5. The monoisotopic (exact) mass is 277 g/mol. The Kier molecular flexibility index (Phi) is 5.04. The molecular formula is C15H16ClNO2. The van der Waals surface area contributed by atoms with Gasteiger partial charge in [0.25, 0.3) is 0 Å². The second kappa shape index (κ2) is 7.00. The van der Waals surface area contributed by atoms with Gasteiger partial charge in [0, 0.05) is 11.8 Å². The van der Waals surface area contributed by atoms with E-state index in [4.69, 9.17) is 21.1 Å². The van der Waals surface area contributed by atoms with Crippen LogP contribution in [-0.4, -0.2) is 11.6 Å². The van der Waals surface area contributed by atoms with Crippen LogP contribution in [0.25, 0.3) is 0 Å². The molecule has 0 amide bonds. The molecule has 1 heterocycles. The summed E-state index contributed by atoms with van der Waals surface area (Å²) in [7, 11) is 0. The second-order valence-corrected chi connectivity index (χ2v) is 4.28. The minimum Gasteiger partial charge on any atom is -0.490 e. The van der Waals surface area contributed by atoms with Crippen molar-refractivity contribution < 1.29 is 9.47 Å². The average molecular weight is 278 g/mol. The zero-order valence-corrected chi connectivity index (χ0v) is 11.6. The lowest BCUT2D eigenvalue weighted by Crippen LogP contribution is -1.98. The molecule has 0 aliphatic rings. The number of ether oxygens (including phenoxy) is 2. The highest BCUT2D eigenvalue weighted by Gasteiger charge is 2.08. The van der Waals surface area contributed by atoms with E-state index in [1.165, 1.54) is 0 Å². The van der Waals surface area contributed by atoms with Gasteiger partial charge in [0.05, 0.1) is 18.7 Å². The maximum atomic E-state index is 5.88. The Morgan fingerprint density at radius 3 is 2.63 bits per heavy atom. The molecule has 1 aromatic carbocycles. The number of alkyl halides is 1. The Morgan fingerprint density at radius 1 is 1.11 bits per heavy atom. The summed E-state index contributed by atoms with van der Waals surface area (Å²) in [6, 6.07) is 9.43. The van der Waals surface area contributed by atoms with Gasteiger partial charge in [-0.3, -0.25) is 4.98 Å². The molecule has 0 aliphatic heterocycles. The molecule has 2 rings (SSSR count). The molecule has 3 nitrogen and oxygen atoms in total. The summed E-state index contributed by atoms with van der Waals surface area (Å²) in [5.74, 6) is 2.45. The average Bonchev–Trinajstić information content (AvgIpc) is 2.47. The molecule has 2 aromatic rings. The van der Waals surface area contributed by atoms with Crippen LogP contribution >= 0.6 is 11.6 Å². The van der Waals surface area contributed by atoms with Gasteiger partial charge in [-0.05, 0) is 24.6 Å². The number of para-hydroxylation sites is 2. The molecule has 1 aromatic heterocycles. The van der Waals surface area contributed by atoms with Crippen LogP contribution in [0.1, 0.15) is 18.9 Å². The fraction of sp³-hybridized carbons (Fsp3) is 0.267. The first-order valence-corrected chi connectivity index (χ1v) is 6.77. The van der Waals surface area contributed by atoms with Crippen LogP contribution in [0.4, 0.5) is 0 Å². The molecule has 0 atom stereocenters. The van der Waals surface area contributed by atoms with Crippen molar-refractivity contribution in [2.45, 2.75) is 19.2 Å². The van der Waals surface area contributed by atoms with Crippen molar-refractivity contribution in [1.29, 1.82) is 0 Å². The zero-order chi connectivity index (χ0) is 13.5. The second-order valence-electron chi connectivity index (χ2n) is 4.01. The Bertz CT molecular complexity index is 531. The third-order valence-corrected chi connectivity index (χ3v) is 2.83. The van der Waals surface area contributed by atoms with Gasteiger partial charge < -0.3 is 9.47 Å². The van der Waals surface area contributed by atoms with Crippen LogP contribution in [0.15, 0.2) is 42.7 Å². The molecule has 0 fully saturated rings. The smallest absolute Gasteiger partial charge is 0.169 e. The summed E-state index contributed by atoms with van der Waals surface area (Å²) in [6.45, 7) is 2.73. The topological polar surface area (TPSA) is 31.4 Å². The lowest BCUT2D eigenvalue weighted by molar-refractivity contribution is 0.302. The van der Waals surface area contributed by atoms with Gasteiger partial charge in [0.15, 0.2) is 11.5 Å². The van der Waals surface area contributed by atoms with E-state index in [0.29, 0.717) is 24.0 Å². The molecule has 0 radical (unpaired) electrons. The minimum atomic E-state index is 0.385. The third kappa shape index (κ3) is 3.61. The van der Waals surface area contributed by atoms with E-state index in [0.717, 1.165) is 17.7 Å². The first-order valence-electron chi connectivity index (χ1n) is 6.23. The molecule has 0 saturated heterocycles. The summed E-state index contributed by atoms with van der Waals surface area (Å²) in [4.78, 5) is 4.06. The molecule has 0 N–H and O–H groups in total. The van der Waals surface area contributed by atoms with Crippen LogP contribution in [-0.2, 0) is 5.88 Å². The summed E-state index contributed by atoms with van der Waals surface area (Å²) >= 11 is 5.88. The van der Waals surface area contributed by atoms with E-state index in [2.05, 4.69) is 11.9 Å². The van der Waals surface area contributed by atoms with Crippen molar-refractivity contribution in [1.82, 2.24) is 4.98 Å². The fourth-order valence-electron chi connectivity index (χ4n) is 1.60. The number of aromatic nitrogens is 1. The lowest BCUT2D eigenvalue weighted by atomic mass is 10.2. The van der Waals surface area contributed by atoms with Gasteiger partial charge >= 0.3 is 0 Å². The van der Waals surface area contributed by atoms with Crippen LogP contribution in [0.3, 0.4) is 0 Å². The van der Waals surface area contributed by atoms with E-state index in [9.17, 15) is 0 Å². The van der Waals surface area contributed by atoms with Crippen molar-refractivity contribution in [3.63, 3.8) is 0 Å². The summed E-state index contributed by atoms with van der Waals surface area (Å²) in [6.07, 6.45) is 4.31. The van der Waals surface area contributed by atoms with Crippen LogP contribution in [0, 0.1) is 0 Å². The Labute approximate surface area is 118 Å². The Hall–Kier alpha value is -1.74. The number of halogens is 1. The van der Waals surface area contributed by atoms with Crippen molar-refractivity contribution in [3.05, 3.63) is 48.3 Å². The molecule has 0 unspecified atom stereocenters. The van der Waals surface area contributed by atoms with Crippen molar-refractivity contribution in [2.24, 2.45) is 0 Å². The highest BCUT2D eigenvalue weighted by Crippen LogP contribution is 2.32. The van der Waals surface area contributed by atoms with Crippen molar-refractivity contribution >= 4 is 11.6 Å². The summed E-state index contributed by atoms with van der Waals surface area (Å²) in [5.41, 5.74) is 0.905. The van der Waals surface area contributed by atoms with E-state index in [1.54, 1.807) is 12.4 Å². The number of nitrogens with zero attached hydrogens (tertiary/aromatic N) is 1. The maximum Gasteiger partial charge on any atom is 0.169 e. The van der Waals surface area contributed by atoms with E-state index in [-0.39, 0.29) is 0 Å². The molecule has 4 heteroatoms. The van der Waals surface area contributed by atoms with Crippen molar-refractivity contribution in [2.75, 3.05) is 6.61 Å². The van der Waals surface area contributed by atoms with Crippen LogP contribution < -0.4 is 9.47 Å². The molecule has 19 heavy (non-hydrogen) atoms. The number of rotatable bonds is 6. The largest absolute Gasteiger partial charge is 0.490 e. The quantitative estimate of drug-likeness (QED) is 0.733. The molecular weight excluding hydrogens is 262 g/mol. The van der Waals surface area contributed by atoms with Crippen LogP contribution in [0.5, 0.6) is 17.2 Å². The van der Waals surface area contributed by atoms with Gasteiger partial charge in [-0.2, -0.15) is 0 Å². The van der Waals surface area contributed by atoms with Crippen molar-refractivity contribution in [3.8, 4) is 17.2 Å². The normalized spacial score (nSPS) is 10.2. The van der Waals surface area contributed by atoms with Gasteiger partial charge in [0.1, 0.15) is 5.75 Å². The molecule has 0 spiro atoms. The number of hydrogen-bond donors (Lipinski definition) is 0. The van der Waals surface area contributed by atoms with E-state index < -0.39 is 0 Å². The third-order valence-electron chi connectivity index (χ3n) is 2.54. The Morgan fingerprint density at radius 2 is 1.89 bits per heavy atom. The minimum absolute atomic E-state index is 0.385.